The molecule has 2 bridgehead atoms. The highest BCUT2D eigenvalue weighted by Crippen LogP contribution is 2.68. The molecule has 244 valence electrons. The molecule has 15 nitrogen and oxygen atoms in total. The van der Waals surface area contributed by atoms with Gasteiger partial charge in [0.25, 0.3) is 0 Å². The van der Waals surface area contributed by atoms with Gasteiger partial charge < -0.3 is 49.2 Å². The first-order valence-corrected chi connectivity index (χ1v) is 14.4. The fraction of sp³-hybridized carbons (Fsp3) is 0.567. The van der Waals surface area contributed by atoms with Gasteiger partial charge in [-0.2, -0.15) is 0 Å². The third-order valence-corrected chi connectivity index (χ3v) is 9.46. The standard InChI is InChI=1S/C30H34O15/c1-12-6-8-29-20-14-4-5-16(41-3)23(20)45-24(29)17(7-9-30(29,40)15(12)10-14)43-28(39)22(34)21(33)27(38)42-13(2)26(37)44-18(25(35)36)11-19(31)32/h4-5,7,12-13,15,18,21-22,24,33-34,40H,6,8-11H2,1-3H3,(H,31,32)(H,35,36)/t12?,13-,15-,18-,21+,22+,24-,29-,30+/m0/s1. The molecule has 1 saturated carbocycles. The predicted molar refractivity (Wildman–Crippen MR) is 146 cm³/mol. The molecule has 1 aromatic carbocycles. The number of methoxy groups -OCH3 is 1. The number of carboxylic acids is 2. The molecule has 0 amide bonds. The van der Waals surface area contributed by atoms with Gasteiger partial charge in [0.1, 0.15) is 5.76 Å². The third-order valence-electron chi connectivity index (χ3n) is 9.46. The van der Waals surface area contributed by atoms with Gasteiger partial charge in [-0.05, 0) is 62.1 Å². The van der Waals surface area contributed by atoms with Crippen molar-refractivity contribution in [2.75, 3.05) is 7.11 Å². The second kappa shape index (κ2) is 11.6. The smallest absolute Gasteiger partial charge is 0.348 e. The van der Waals surface area contributed by atoms with Crippen molar-refractivity contribution in [1.29, 1.82) is 0 Å². The Labute approximate surface area is 256 Å². The van der Waals surface area contributed by atoms with Crippen LogP contribution in [-0.2, 0) is 50.0 Å². The lowest BCUT2D eigenvalue weighted by atomic mass is 9.45. The maximum atomic E-state index is 13.0. The molecular weight excluding hydrogens is 600 g/mol. The number of benzene rings is 1. The molecular formula is C30H34O15. The van der Waals surface area contributed by atoms with E-state index in [-0.39, 0.29) is 24.0 Å². The number of hydrogen-bond donors (Lipinski definition) is 5. The summed E-state index contributed by atoms with van der Waals surface area (Å²) in [6, 6.07) is 3.72. The zero-order chi connectivity index (χ0) is 33.0. The van der Waals surface area contributed by atoms with Crippen molar-refractivity contribution in [3.05, 3.63) is 35.1 Å². The molecule has 15 heteroatoms. The van der Waals surface area contributed by atoms with E-state index in [0.29, 0.717) is 24.3 Å². The van der Waals surface area contributed by atoms with E-state index >= 15 is 0 Å². The minimum absolute atomic E-state index is 0.0289. The fourth-order valence-corrected chi connectivity index (χ4v) is 7.27. The van der Waals surface area contributed by atoms with Gasteiger partial charge in [0.15, 0.2) is 35.9 Å². The Bertz CT molecular complexity index is 1470. The van der Waals surface area contributed by atoms with E-state index in [2.05, 4.69) is 11.7 Å². The van der Waals surface area contributed by atoms with Crippen molar-refractivity contribution in [3.63, 3.8) is 0 Å². The van der Waals surface area contributed by atoms with Crippen LogP contribution in [0, 0.1) is 11.8 Å². The molecule has 1 aliphatic heterocycles. The Morgan fingerprint density at radius 1 is 1.04 bits per heavy atom. The fourth-order valence-electron chi connectivity index (χ4n) is 7.27. The van der Waals surface area contributed by atoms with Gasteiger partial charge in [0.2, 0.25) is 6.10 Å². The van der Waals surface area contributed by atoms with E-state index in [1.165, 1.54) is 13.2 Å². The molecule has 0 aromatic heterocycles. The lowest BCUT2D eigenvalue weighted by molar-refractivity contribution is -0.186. The summed E-state index contributed by atoms with van der Waals surface area (Å²) in [6.07, 6.45) is -7.48. The number of carbonyl (C=O) groups excluding carboxylic acids is 3. The van der Waals surface area contributed by atoms with Gasteiger partial charge in [0, 0.05) is 5.56 Å². The molecule has 9 atom stereocenters. The maximum Gasteiger partial charge on any atom is 0.348 e. The van der Waals surface area contributed by atoms with Crippen molar-refractivity contribution in [2.24, 2.45) is 11.8 Å². The highest BCUT2D eigenvalue weighted by molar-refractivity contribution is 5.88. The van der Waals surface area contributed by atoms with E-state index in [9.17, 15) is 39.3 Å². The minimum Gasteiger partial charge on any atom is -0.493 e. The molecule has 1 aromatic rings. The molecule has 1 heterocycles. The highest BCUT2D eigenvalue weighted by atomic mass is 16.6. The molecule has 1 spiro atoms. The Kier molecular flexibility index (Phi) is 8.31. The third kappa shape index (κ3) is 5.08. The topological polar surface area (TPSA) is 233 Å². The second-order valence-corrected chi connectivity index (χ2v) is 11.9. The number of aliphatic hydroxyl groups is 3. The van der Waals surface area contributed by atoms with Gasteiger partial charge in [0.05, 0.1) is 24.5 Å². The first-order chi connectivity index (χ1) is 21.2. The van der Waals surface area contributed by atoms with E-state index in [0.717, 1.165) is 24.5 Å². The van der Waals surface area contributed by atoms with Crippen LogP contribution in [0.25, 0.3) is 0 Å². The number of esters is 3. The van der Waals surface area contributed by atoms with Crippen LogP contribution >= 0.6 is 0 Å². The van der Waals surface area contributed by atoms with Crippen LogP contribution in [0.5, 0.6) is 11.5 Å². The van der Waals surface area contributed by atoms with Crippen LogP contribution in [0.4, 0.5) is 0 Å². The summed E-state index contributed by atoms with van der Waals surface area (Å²) in [5, 5.41) is 50.9. The van der Waals surface area contributed by atoms with E-state index in [1.807, 2.05) is 6.07 Å². The monoisotopic (exact) mass is 634 g/mol. The highest BCUT2D eigenvalue weighted by Gasteiger charge is 2.72. The Hall–Kier alpha value is -4.21. The van der Waals surface area contributed by atoms with Crippen molar-refractivity contribution >= 4 is 29.8 Å². The zero-order valence-electron chi connectivity index (χ0n) is 24.6. The number of hydrogen-bond acceptors (Lipinski definition) is 13. The number of aliphatic carboxylic acids is 2. The van der Waals surface area contributed by atoms with Gasteiger partial charge in [-0.15, -0.1) is 0 Å². The molecule has 0 radical (unpaired) electrons. The zero-order valence-corrected chi connectivity index (χ0v) is 24.6. The summed E-state index contributed by atoms with van der Waals surface area (Å²) >= 11 is 0. The van der Waals surface area contributed by atoms with Gasteiger partial charge in [-0.3, -0.25) is 4.79 Å². The lowest BCUT2D eigenvalue weighted by Crippen LogP contribution is -2.69. The number of rotatable bonds is 11. The molecule has 4 aliphatic rings. The first-order valence-electron chi connectivity index (χ1n) is 14.4. The van der Waals surface area contributed by atoms with Crippen LogP contribution in [0.1, 0.15) is 50.7 Å². The summed E-state index contributed by atoms with van der Waals surface area (Å²) in [5.41, 5.74) is -0.436. The quantitative estimate of drug-likeness (QED) is 0.159. The summed E-state index contributed by atoms with van der Waals surface area (Å²) in [7, 11) is 1.48. The van der Waals surface area contributed by atoms with Crippen LogP contribution in [-0.4, -0.2) is 98.6 Å². The second-order valence-electron chi connectivity index (χ2n) is 11.9. The summed E-state index contributed by atoms with van der Waals surface area (Å²) in [5.74, 6) is -6.93. The van der Waals surface area contributed by atoms with Crippen molar-refractivity contribution in [2.45, 2.75) is 87.5 Å². The average Bonchev–Trinajstić information content (AvgIpc) is 3.34. The van der Waals surface area contributed by atoms with Gasteiger partial charge >= 0.3 is 29.8 Å². The van der Waals surface area contributed by atoms with Gasteiger partial charge in [-0.1, -0.05) is 13.0 Å². The summed E-state index contributed by atoms with van der Waals surface area (Å²) < 4.78 is 26.6. The molecule has 1 unspecified atom stereocenters. The Morgan fingerprint density at radius 2 is 1.73 bits per heavy atom. The van der Waals surface area contributed by atoms with Crippen LogP contribution in [0.2, 0.25) is 0 Å². The number of carboxylic acid groups (broad SMARTS) is 2. The molecule has 3 aliphatic carbocycles. The Balaban J connectivity index is 1.31. The van der Waals surface area contributed by atoms with Crippen molar-refractivity contribution < 1.29 is 73.2 Å². The van der Waals surface area contributed by atoms with Crippen LogP contribution in [0.15, 0.2) is 24.0 Å². The normalized spacial score (nSPS) is 29.8. The Morgan fingerprint density at radius 3 is 2.38 bits per heavy atom. The molecule has 0 saturated heterocycles. The number of aliphatic hydroxyl groups excluding tert-OH is 2. The largest absolute Gasteiger partial charge is 0.493 e. The molecule has 45 heavy (non-hydrogen) atoms. The summed E-state index contributed by atoms with van der Waals surface area (Å²) in [4.78, 5) is 59.6. The van der Waals surface area contributed by atoms with Crippen LogP contribution in [0.3, 0.4) is 0 Å². The number of ether oxygens (including phenoxy) is 5. The maximum absolute atomic E-state index is 13.0. The van der Waals surface area contributed by atoms with Crippen LogP contribution < -0.4 is 9.47 Å². The molecule has 1 fully saturated rings. The predicted octanol–water partition coefficient (Wildman–Crippen LogP) is -0.0173. The van der Waals surface area contributed by atoms with E-state index in [4.69, 9.17) is 29.2 Å². The number of carbonyl (C=O) groups is 5. The lowest BCUT2D eigenvalue weighted by Gasteiger charge is -2.61. The molecule has 5 rings (SSSR count). The SMILES string of the molecule is COc1ccc2c3c1O[C@H]1C(OC(=O)[C@H](O)[C@@H](O)C(=O)O[C@@H](C)C(=O)O[C@@H](CC(=O)O)C(=O)O)=CC[C@@]4(O)[C@@H](C2)C(C)CC[C@]314. The summed E-state index contributed by atoms with van der Waals surface area (Å²) in [6.45, 7) is 3.04. The van der Waals surface area contributed by atoms with E-state index < -0.39 is 77.8 Å². The average molecular weight is 635 g/mol. The minimum atomic E-state index is -2.54. The molecule has 5 N–H and O–H groups in total. The first kappa shape index (κ1) is 32.2. The van der Waals surface area contributed by atoms with Crippen molar-refractivity contribution in [3.8, 4) is 11.5 Å². The van der Waals surface area contributed by atoms with E-state index in [1.54, 1.807) is 6.07 Å². The van der Waals surface area contributed by atoms with Gasteiger partial charge in [-0.25, -0.2) is 19.2 Å². The van der Waals surface area contributed by atoms with Crippen molar-refractivity contribution in [1.82, 2.24) is 0 Å².